The summed E-state index contributed by atoms with van der Waals surface area (Å²) in [6.45, 7) is 2.32. The number of hydrogen-bond donors (Lipinski definition) is 0. The number of benzene rings is 1. The predicted molar refractivity (Wildman–Crippen MR) is 77.1 cm³/mol. The average Bonchev–Trinajstić information content (AvgIpc) is 2.78. The number of aromatic nitrogens is 2. The van der Waals surface area contributed by atoms with Gasteiger partial charge in [0.05, 0.1) is 11.8 Å². The van der Waals surface area contributed by atoms with E-state index in [1.165, 1.54) is 16.8 Å². The lowest BCUT2D eigenvalue weighted by Gasteiger charge is -2.23. The van der Waals surface area contributed by atoms with Crippen LogP contribution in [0.15, 0.2) is 30.3 Å². The van der Waals surface area contributed by atoms with Crippen molar-refractivity contribution in [2.75, 3.05) is 13.6 Å². The fourth-order valence-corrected chi connectivity index (χ4v) is 2.83. The Morgan fingerprint density at radius 3 is 2.85 bits per heavy atom. The molecule has 4 heteroatoms. The third kappa shape index (κ3) is 2.45. The molecule has 0 N–H and O–H groups in total. The first-order chi connectivity index (χ1) is 9.78. The number of fused-ring (bicyclic) bond motifs is 1. The number of rotatable bonds is 3. The minimum atomic E-state index is 0.348. The van der Waals surface area contributed by atoms with E-state index in [9.17, 15) is 0 Å². The molecule has 1 aromatic heterocycles. The second-order valence-electron chi connectivity index (χ2n) is 5.34. The van der Waals surface area contributed by atoms with Gasteiger partial charge in [0.2, 0.25) is 0 Å². The summed E-state index contributed by atoms with van der Waals surface area (Å²) in [4.78, 5) is 2.31. The van der Waals surface area contributed by atoms with E-state index in [-0.39, 0.29) is 0 Å². The molecule has 0 aliphatic carbocycles. The van der Waals surface area contributed by atoms with Crippen molar-refractivity contribution in [1.29, 1.82) is 5.26 Å². The van der Waals surface area contributed by atoms with Crippen LogP contribution in [0.4, 0.5) is 0 Å². The third-order valence-electron chi connectivity index (χ3n) is 3.84. The molecule has 1 aliphatic heterocycles. The molecule has 0 saturated carbocycles. The predicted octanol–water partition coefficient (Wildman–Crippen LogP) is 1.99. The Labute approximate surface area is 119 Å². The molecule has 0 radical (unpaired) electrons. The maximum absolute atomic E-state index is 8.95. The number of hydrogen-bond acceptors (Lipinski definition) is 3. The van der Waals surface area contributed by atoms with Crippen LogP contribution >= 0.6 is 0 Å². The second kappa shape index (κ2) is 5.48. The van der Waals surface area contributed by atoms with Gasteiger partial charge in [-0.1, -0.05) is 30.3 Å². The van der Waals surface area contributed by atoms with Crippen LogP contribution in [0.1, 0.15) is 22.5 Å². The smallest absolute Gasteiger partial charge is 0.128 e. The van der Waals surface area contributed by atoms with Gasteiger partial charge in [0.25, 0.3) is 0 Å². The Bertz CT molecular complexity index is 636. The quantitative estimate of drug-likeness (QED) is 0.853. The molecule has 0 spiro atoms. The molecule has 0 amide bonds. The van der Waals surface area contributed by atoms with Gasteiger partial charge in [0.15, 0.2) is 0 Å². The van der Waals surface area contributed by atoms with Gasteiger partial charge in [-0.2, -0.15) is 10.4 Å². The summed E-state index contributed by atoms with van der Waals surface area (Å²) in [6, 6.07) is 12.6. The van der Waals surface area contributed by atoms with Crippen molar-refractivity contribution in [3.63, 3.8) is 0 Å². The van der Waals surface area contributed by atoms with Gasteiger partial charge >= 0.3 is 0 Å². The van der Waals surface area contributed by atoms with E-state index in [0.717, 1.165) is 31.6 Å². The summed E-state index contributed by atoms with van der Waals surface area (Å²) in [5, 5.41) is 13.6. The summed E-state index contributed by atoms with van der Waals surface area (Å²) in [5.41, 5.74) is 4.95. The summed E-state index contributed by atoms with van der Waals surface area (Å²) in [6.07, 6.45) is 1.82. The standard InChI is InChI=1S/C16H18N4/c1-19-9-7-16-14(12-19)15(18-20(16)10-8-17)11-13-5-3-2-4-6-13/h2-6H,7,9-12H2,1H3. The van der Waals surface area contributed by atoms with E-state index < -0.39 is 0 Å². The maximum atomic E-state index is 8.95. The molecular weight excluding hydrogens is 248 g/mol. The van der Waals surface area contributed by atoms with Gasteiger partial charge in [-0.25, -0.2) is 0 Å². The van der Waals surface area contributed by atoms with Gasteiger partial charge in [-0.3, -0.25) is 4.68 Å². The lowest BCUT2D eigenvalue weighted by molar-refractivity contribution is 0.307. The Hall–Kier alpha value is -2.12. The topological polar surface area (TPSA) is 44.9 Å². The molecule has 102 valence electrons. The van der Waals surface area contributed by atoms with Crippen LogP contribution in [0.5, 0.6) is 0 Å². The summed E-state index contributed by atoms with van der Waals surface area (Å²) >= 11 is 0. The van der Waals surface area contributed by atoms with Gasteiger partial charge in [-0.05, 0) is 12.6 Å². The molecule has 2 aromatic rings. The molecular formula is C16H18N4. The molecule has 3 rings (SSSR count). The van der Waals surface area contributed by atoms with E-state index in [1.807, 2.05) is 10.7 Å². The lowest BCUT2D eigenvalue weighted by Crippen LogP contribution is -2.27. The van der Waals surface area contributed by atoms with E-state index in [4.69, 9.17) is 5.26 Å². The minimum Gasteiger partial charge on any atom is -0.302 e. The molecule has 0 unspecified atom stereocenters. The SMILES string of the molecule is CN1CCc2c(c(Cc3ccccc3)nn2CC#N)C1. The molecule has 20 heavy (non-hydrogen) atoms. The largest absolute Gasteiger partial charge is 0.302 e. The zero-order valence-corrected chi connectivity index (χ0v) is 11.7. The van der Waals surface area contributed by atoms with Crippen molar-refractivity contribution < 1.29 is 0 Å². The fraction of sp³-hybridized carbons (Fsp3) is 0.375. The summed E-state index contributed by atoms with van der Waals surface area (Å²) in [5.74, 6) is 0. The van der Waals surface area contributed by atoms with Crippen molar-refractivity contribution in [2.45, 2.75) is 25.9 Å². The summed E-state index contributed by atoms with van der Waals surface area (Å²) in [7, 11) is 2.14. The molecule has 0 saturated heterocycles. The van der Waals surface area contributed by atoms with Crippen LogP contribution in [-0.4, -0.2) is 28.3 Å². The first-order valence-electron chi connectivity index (χ1n) is 6.95. The highest BCUT2D eigenvalue weighted by Crippen LogP contribution is 2.23. The highest BCUT2D eigenvalue weighted by Gasteiger charge is 2.22. The summed E-state index contributed by atoms with van der Waals surface area (Å²) < 4.78 is 1.89. The van der Waals surface area contributed by atoms with E-state index in [0.29, 0.717) is 6.54 Å². The Kier molecular flexibility index (Phi) is 3.53. The molecule has 2 heterocycles. The normalized spacial score (nSPS) is 14.8. The van der Waals surface area contributed by atoms with Crippen molar-refractivity contribution in [3.8, 4) is 6.07 Å². The average molecular weight is 266 g/mol. The van der Waals surface area contributed by atoms with E-state index >= 15 is 0 Å². The number of nitrogens with zero attached hydrogens (tertiary/aromatic N) is 4. The van der Waals surface area contributed by atoms with Crippen molar-refractivity contribution >= 4 is 0 Å². The molecule has 0 fully saturated rings. The molecule has 0 atom stereocenters. The fourth-order valence-electron chi connectivity index (χ4n) is 2.83. The van der Waals surface area contributed by atoms with Crippen molar-refractivity contribution in [3.05, 3.63) is 52.8 Å². The Balaban J connectivity index is 1.96. The lowest BCUT2D eigenvalue weighted by atomic mass is 10.0. The van der Waals surface area contributed by atoms with Gasteiger partial charge in [-0.15, -0.1) is 0 Å². The van der Waals surface area contributed by atoms with E-state index in [2.05, 4.69) is 47.4 Å². The zero-order chi connectivity index (χ0) is 13.9. The Morgan fingerprint density at radius 1 is 1.30 bits per heavy atom. The van der Waals surface area contributed by atoms with Crippen LogP contribution in [0.25, 0.3) is 0 Å². The van der Waals surface area contributed by atoms with Crippen LogP contribution in [0, 0.1) is 11.3 Å². The van der Waals surface area contributed by atoms with Crippen LogP contribution < -0.4 is 0 Å². The maximum Gasteiger partial charge on any atom is 0.128 e. The second-order valence-corrected chi connectivity index (χ2v) is 5.34. The van der Waals surface area contributed by atoms with Gasteiger partial charge < -0.3 is 4.90 Å². The first kappa shape index (κ1) is 12.9. The zero-order valence-electron chi connectivity index (χ0n) is 11.7. The van der Waals surface area contributed by atoms with Crippen LogP contribution in [-0.2, 0) is 25.9 Å². The first-order valence-corrected chi connectivity index (χ1v) is 6.95. The highest BCUT2D eigenvalue weighted by molar-refractivity contribution is 5.33. The molecule has 1 aromatic carbocycles. The third-order valence-corrected chi connectivity index (χ3v) is 3.84. The number of nitriles is 1. The van der Waals surface area contributed by atoms with Crippen molar-refractivity contribution in [2.24, 2.45) is 0 Å². The van der Waals surface area contributed by atoms with Gasteiger partial charge in [0.1, 0.15) is 6.54 Å². The van der Waals surface area contributed by atoms with Crippen LogP contribution in [0.2, 0.25) is 0 Å². The number of likely N-dealkylation sites (N-methyl/N-ethyl adjacent to an activating group) is 1. The molecule has 4 nitrogen and oxygen atoms in total. The monoisotopic (exact) mass is 266 g/mol. The Morgan fingerprint density at radius 2 is 2.10 bits per heavy atom. The highest BCUT2D eigenvalue weighted by atomic mass is 15.3. The molecule has 0 bridgehead atoms. The van der Waals surface area contributed by atoms with Gasteiger partial charge in [0, 0.05) is 37.2 Å². The minimum absolute atomic E-state index is 0.348. The van der Waals surface area contributed by atoms with E-state index in [1.54, 1.807) is 0 Å². The molecule has 1 aliphatic rings. The van der Waals surface area contributed by atoms with Crippen molar-refractivity contribution in [1.82, 2.24) is 14.7 Å². The van der Waals surface area contributed by atoms with Crippen LogP contribution in [0.3, 0.4) is 0 Å².